The van der Waals surface area contributed by atoms with Gasteiger partial charge in [0.25, 0.3) is 0 Å². The molecule has 0 aliphatic carbocycles. The summed E-state index contributed by atoms with van der Waals surface area (Å²) in [5.74, 6) is 0.639. The largest absolute Gasteiger partial charge is 0.208 e. The Bertz CT molecular complexity index is 428. The summed E-state index contributed by atoms with van der Waals surface area (Å²) in [6.07, 6.45) is 0. The van der Waals surface area contributed by atoms with Crippen molar-refractivity contribution in [1.29, 1.82) is 0 Å². The predicted octanol–water partition coefficient (Wildman–Crippen LogP) is 3.15. The third-order valence-corrected chi connectivity index (χ3v) is 2.72. The van der Waals surface area contributed by atoms with E-state index in [1.807, 2.05) is 24.3 Å². The molecule has 1 heterocycles. The SMILES string of the molecule is Sc1nc(-c2ccccc2Cl)ns1. The highest BCUT2D eigenvalue weighted by atomic mass is 35.5. The van der Waals surface area contributed by atoms with E-state index in [-0.39, 0.29) is 0 Å². The molecule has 0 saturated heterocycles. The fourth-order valence-electron chi connectivity index (χ4n) is 0.967. The van der Waals surface area contributed by atoms with Gasteiger partial charge in [0.05, 0.1) is 5.02 Å². The standard InChI is InChI=1S/C8H5ClN2S2/c9-6-4-2-1-3-5(6)7-10-8(12)13-11-7/h1-4H,(H,10,11,12). The molecule has 0 amide bonds. The summed E-state index contributed by atoms with van der Waals surface area (Å²) in [6, 6.07) is 7.48. The molecule has 0 bridgehead atoms. The zero-order valence-corrected chi connectivity index (χ0v) is 8.90. The fourth-order valence-corrected chi connectivity index (χ4v) is 1.84. The Labute approximate surface area is 90.2 Å². The van der Waals surface area contributed by atoms with E-state index < -0.39 is 0 Å². The van der Waals surface area contributed by atoms with Crippen LogP contribution in [-0.2, 0) is 0 Å². The van der Waals surface area contributed by atoms with Crippen LogP contribution >= 0.6 is 35.8 Å². The van der Waals surface area contributed by atoms with E-state index in [1.165, 1.54) is 11.5 Å². The first-order valence-corrected chi connectivity index (χ1v) is 5.15. The summed E-state index contributed by atoms with van der Waals surface area (Å²) < 4.78 is 4.76. The quantitative estimate of drug-likeness (QED) is 0.759. The number of nitrogens with zero attached hydrogens (tertiary/aromatic N) is 2. The lowest BCUT2D eigenvalue weighted by molar-refractivity contribution is 1.23. The summed E-state index contributed by atoms with van der Waals surface area (Å²) in [5, 5.41) is 0.661. The van der Waals surface area contributed by atoms with E-state index >= 15 is 0 Å². The number of benzene rings is 1. The van der Waals surface area contributed by atoms with E-state index in [0.717, 1.165) is 5.56 Å². The first-order chi connectivity index (χ1) is 6.27. The summed E-state index contributed by atoms with van der Waals surface area (Å²) >= 11 is 11.3. The number of thiol groups is 1. The Morgan fingerprint density at radius 3 is 2.69 bits per heavy atom. The fraction of sp³-hybridized carbons (Fsp3) is 0. The van der Waals surface area contributed by atoms with Crippen molar-refractivity contribution in [3.8, 4) is 11.4 Å². The van der Waals surface area contributed by atoms with Gasteiger partial charge >= 0.3 is 0 Å². The molecule has 0 radical (unpaired) electrons. The van der Waals surface area contributed by atoms with Gasteiger partial charge in [-0.2, -0.15) is 4.37 Å². The molecular weight excluding hydrogens is 224 g/mol. The van der Waals surface area contributed by atoms with Crippen molar-refractivity contribution in [3.63, 3.8) is 0 Å². The van der Waals surface area contributed by atoms with Crippen LogP contribution in [0.5, 0.6) is 0 Å². The zero-order chi connectivity index (χ0) is 9.26. The Morgan fingerprint density at radius 2 is 2.08 bits per heavy atom. The van der Waals surface area contributed by atoms with Crippen LogP contribution in [0.3, 0.4) is 0 Å². The molecule has 13 heavy (non-hydrogen) atoms. The van der Waals surface area contributed by atoms with Crippen LogP contribution in [0.2, 0.25) is 5.02 Å². The molecule has 0 saturated carbocycles. The van der Waals surface area contributed by atoms with Gasteiger partial charge in [0, 0.05) is 5.56 Å². The van der Waals surface area contributed by atoms with Gasteiger partial charge < -0.3 is 0 Å². The van der Waals surface area contributed by atoms with Crippen molar-refractivity contribution < 1.29 is 0 Å². The first-order valence-electron chi connectivity index (χ1n) is 3.55. The van der Waals surface area contributed by atoms with Crippen molar-refractivity contribution in [2.75, 3.05) is 0 Å². The van der Waals surface area contributed by atoms with E-state index in [4.69, 9.17) is 11.6 Å². The van der Waals surface area contributed by atoms with Crippen LogP contribution < -0.4 is 0 Å². The smallest absolute Gasteiger partial charge is 0.175 e. The minimum atomic E-state index is 0.639. The van der Waals surface area contributed by atoms with Gasteiger partial charge in [-0.25, -0.2) is 4.98 Å². The lowest BCUT2D eigenvalue weighted by Crippen LogP contribution is -1.80. The number of rotatable bonds is 1. The van der Waals surface area contributed by atoms with Crippen LogP contribution in [0, 0.1) is 0 Å². The van der Waals surface area contributed by atoms with Gasteiger partial charge in [-0.05, 0) is 23.7 Å². The Hall–Kier alpha value is -0.580. The van der Waals surface area contributed by atoms with E-state index in [2.05, 4.69) is 22.0 Å². The summed E-state index contributed by atoms with van der Waals surface area (Å²) in [4.78, 5) is 4.13. The second-order valence-electron chi connectivity index (χ2n) is 2.38. The maximum atomic E-state index is 5.97. The number of hydrogen-bond donors (Lipinski definition) is 1. The molecular formula is C8H5ClN2S2. The van der Waals surface area contributed by atoms with Crippen LogP contribution in [-0.4, -0.2) is 9.36 Å². The van der Waals surface area contributed by atoms with Gasteiger partial charge in [0.1, 0.15) is 0 Å². The minimum absolute atomic E-state index is 0.639. The Morgan fingerprint density at radius 1 is 1.31 bits per heavy atom. The number of hydrogen-bond acceptors (Lipinski definition) is 4. The lowest BCUT2D eigenvalue weighted by Gasteiger charge is -1.96. The Balaban J connectivity index is 2.52. The van der Waals surface area contributed by atoms with E-state index in [0.29, 0.717) is 15.2 Å². The topological polar surface area (TPSA) is 25.8 Å². The molecule has 0 aliphatic heterocycles. The maximum Gasteiger partial charge on any atom is 0.175 e. The average Bonchev–Trinajstić information content (AvgIpc) is 2.53. The van der Waals surface area contributed by atoms with Crippen molar-refractivity contribution in [3.05, 3.63) is 29.3 Å². The molecule has 1 aromatic heterocycles. The number of halogens is 1. The predicted molar refractivity (Wildman–Crippen MR) is 57.6 cm³/mol. The molecule has 0 aliphatic rings. The molecule has 0 atom stereocenters. The molecule has 1 aromatic carbocycles. The Kier molecular flexibility index (Phi) is 2.53. The minimum Gasteiger partial charge on any atom is -0.208 e. The molecule has 5 heteroatoms. The molecule has 2 aromatic rings. The van der Waals surface area contributed by atoms with Crippen molar-refractivity contribution in [2.45, 2.75) is 4.34 Å². The molecule has 0 fully saturated rings. The highest BCUT2D eigenvalue weighted by Gasteiger charge is 2.07. The van der Waals surface area contributed by atoms with Crippen molar-refractivity contribution >= 4 is 35.8 Å². The maximum absolute atomic E-state index is 5.97. The van der Waals surface area contributed by atoms with E-state index in [1.54, 1.807) is 0 Å². The molecule has 0 spiro atoms. The van der Waals surface area contributed by atoms with Crippen molar-refractivity contribution in [1.82, 2.24) is 9.36 Å². The van der Waals surface area contributed by atoms with Gasteiger partial charge in [0.2, 0.25) is 0 Å². The van der Waals surface area contributed by atoms with Crippen LogP contribution in [0.25, 0.3) is 11.4 Å². The monoisotopic (exact) mass is 228 g/mol. The number of aromatic nitrogens is 2. The van der Waals surface area contributed by atoms with Crippen LogP contribution in [0.15, 0.2) is 28.6 Å². The third kappa shape index (κ3) is 1.85. The van der Waals surface area contributed by atoms with Gasteiger partial charge in [-0.1, -0.05) is 23.7 Å². The molecule has 0 unspecified atom stereocenters. The molecule has 2 nitrogen and oxygen atoms in total. The molecule has 2 rings (SSSR count). The van der Waals surface area contributed by atoms with E-state index in [9.17, 15) is 0 Å². The summed E-state index contributed by atoms with van der Waals surface area (Å²) in [7, 11) is 0. The first kappa shape index (κ1) is 8.99. The second-order valence-corrected chi connectivity index (χ2v) is 4.27. The third-order valence-electron chi connectivity index (χ3n) is 1.53. The highest BCUT2D eigenvalue weighted by molar-refractivity contribution is 7.82. The zero-order valence-electron chi connectivity index (χ0n) is 6.44. The van der Waals surface area contributed by atoms with Gasteiger partial charge in [-0.15, -0.1) is 12.6 Å². The van der Waals surface area contributed by atoms with Crippen LogP contribution in [0.1, 0.15) is 0 Å². The average molecular weight is 229 g/mol. The molecule has 0 N–H and O–H groups in total. The van der Waals surface area contributed by atoms with Gasteiger partial charge in [-0.3, -0.25) is 0 Å². The summed E-state index contributed by atoms with van der Waals surface area (Å²) in [5.41, 5.74) is 0.848. The molecule has 66 valence electrons. The normalized spacial score (nSPS) is 10.3. The highest BCUT2D eigenvalue weighted by Crippen LogP contribution is 2.26. The van der Waals surface area contributed by atoms with Crippen LogP contribution in [0.4, 0.5) is 0 Å². The van der Waals surface area contributed by atoms with Crippen molar-refractivity contribution in [2.24, 2.45) is 0 Å². The second kappa shape index (κ2) is 3.65. The lowest BCUT2D eigenvalue weighted by atomic mass is 10.2. The summed E-state index contributed by atoms with van der Waals surface area (Å²) in [6.45, 7) is 0. The van der Waals surface area contributed by atoms with Gasteiger partial charge in [0.15, 0.2) is 10.2 Å².